The van der Waals surface area contributed by atoms with E-state index in [1.54, 1.807) is 12.4 Å². The molecule has 7 nitrogen and oxygen atoms in total. The van der Waals surface area contributed by atoms with Gasteiger partial charge >= 0.3 is 0 Å². The number of nitrogens with zero attached hydrogens (tertiary/aromatic N) is 5. The lowest BCUT2D eigenvalue weighted by Crippen LogP contribution is -2.40. The van der Waals surface area contributed by atoms with Crippen LogP contribution in [0.1, 0.15) is 37.7 Å². The molecule has 1 saturated heterocycles. The zero-order chi connectivity index (χ0) is 21.0. The summed E-state index contributed by atoms with van der Waals surface area (Å²) in [5.41, 5.74) is 2.41. The van der Waals surface area contributed by atoms with Crippen molar-refractivity contribution in [3.63, 3.8) is 0 Å². The van der Waals surface area contributed by atoms with Crippen LogP contribution in [0.2, 0.25) is 10.2 Å². The van der Waals surface area contributed by atoms with E-state index in [4.69, 9.17) is 23.2 Å². The van der Waals surface area contributed by atoms with Crippen LogP contribution in [-0.4, -0.2) is 56.0 Å². The molecule has 5 rings (SSSR count). The zero-order valence-corrected chi connectivity index (χ0v) is 18.5. The normalized spacial score (nSPS) is 23.6. The van der Waals surface area contributed by atoms with Gasteiger partial charge in [-0.25, -0.2) is 14.6 Å². The van der Waals surface area contributed by atoms with Gasteiger partial charge in [0.1, 0.15) is 0 Å². The van der Waals surface area contributed by atoms with Crippen LogP contribution in [0.3, 0.4) is 0 Å². The molecule has 2 aliphatic rings. The topological polar surface area (TPSA) is 79.1 Å². The van der Waals surface area contributed by atoms with Crippen LogP contribution in [0.25, 0.3) is 10.9 Å². The van der Waals surface area contributed by atoms with Gasteiger partial charge < -0.3 is 15.3 Å². The summed E-state index contributed by atoms with van der Waals surface area (Å²) >= 11 is 13.1. The van der Waals surface area contributed by atoms with Crippen LogP contribution >= 0.6 is 23.2 Å². The van der Waals surface area contributed by atoms with Crippen LogP contribution in [0.4, 0.5) is 11.6 Å². The standard InChI is InChI=1S/C21H24Cl2N6O/c1-21(4-5-21)29-19(23)17(10-25-29)27-20-24-9-12-7-15(22)14(8-16(12)26-20)13-3-6-28(2)11-18(13)30/h7-10,13,18,30H,3-6,11H2,1-2H3,(H,24,26,27). The SMILES string of the molecule is CN1CCC(c2cc3nc(Nc4cnn(C5(C)CC5)c4Cl)ncc3cc2Cl)C(O)C1. The number of benzene rings is 1. The minimum Gasteiger partial charge on any atom is -0.391 e. The molecule has 0 radical (unpaired) electrons. The smallest absolute Gasteiger partial charge is 0.227 e. The number of likely N-dealkylation sites (tertiary alicyclic amines) is 1. The van der Waals surface area contributed by atoms with Gasteiger partial charge in [-0.2, -0.15) is 5.10 Å². The molecule has 2 atom stereocenters. The summed E-state index contributed by atoms with van der Waals surface area (Å²) < 4.78 is 1.86. The van der Waals surface area contributed by atoms with E-state index in [1.807, 2.05) is 23.9 Å². The fourth-order valence-electron chi connectivity index (χ4n) is 4.17. The van der Waals surface area contributed by atoms with Gasteiger partial charge in [-0.15, -0.1) is 0 Å². The van der Waals surface area contributed by atoms with Crippen LogP contribution in [-0.2, 0) is 5.54 Å². The van der Waals surface area contributed by atoms with Crippen molar-refractivity contribution < 1.29 is 5.11 Å². The number of aliphatic hydroxyl groups excluding tert-OH is 1. The summed E-state index contributed by atoms with van der Waals surface area (Å²) in [6.07, 6.45) is 6.01. The highest BCUT2D eigenvalue weighted by Crippen LogP contribution is 2.45. The number of nitrogens with one attached hydrogen (secondary N) is 1. The lowest BCUT2D eigenvalue weighted by atomic mass is 9.87. The predicted molar refractivity (Wildman–Crippen MR) is 119 cm³/mol. The number of piperidine rings is 1. The van der Waals surface area contributed by atoms with Crippen LogP contribution in [0.15, 0.2) is 24.5 Å². The zero-order valence-electron chi connectivity index (χ0n) is 16.9. The molecular formula is C21H24Cl2N6O. The van der Waals surface area contributed by atoms with E-state index in [2.05, 4.69) is 32.2 Å². The Morgan fingerprint density at radius 2 is 2.03 bits per heavy atom. The number of rotatable bonds is 4. The van der Waals surface area contributed by atoms with E-state index in [1.165, 1.54) is 0 Å². The highest BCUT2D eigenvalue weighted by Gasteiger charge is 2.42. The minimum absolute atomic E-state index is 0.00330. The van der Waals surface area contributed by atoms with Crippen molar-refractivity contribution >= 4 is 45.7 Å². The highest BCUT2D eigenvalue weighted by atomic mass is 35.5. The second-order valence-electron chi connectivity index (χ2n) is 8.73. The van der Waals surface area contributed by atoms with Crippen LogP contribution < -0.4 is 5.32 Å². The van der Waals surface area contributed by atoms with Crippen molar-refractivity contribution in [2.24, 2.45) is 0 Å². The lowest BCUT2D eigenvalue weighted by Gasteiger charge is -2.34. The Balaban J connectivity index is 1.45. The molecule has 0 amide bonds. The van der Waals surface area contributed by atoms with Crippen molar-refractivity contribution in [3.05, 3.63) is 40.3 Å². The van der Waals surface area contributed by atoms with Crippen molar-refractivity contribution in [2.45, 2.75) is 43.7 Å². The molecule has 0 bridgehead atoms. The molecule has 2 fully saturated rings. The molecule has 2 N–H and O–H groups in total. The van der Waals surface area contributed by atoms with E-state index in [0.29, 0.717) is 28.4 Å². The average molecular weight is 447 g/mol. The Labute approximate surface area is 185 Å². The molecule has 1 saturated carbocycles. The fourth-order valence-corrected chi connectivity index (χ4v) is 4.83. The third kappa shape index (κ3) is 3.54. The van der Waals surface area contributed by atoms with Crippen LogP contribution in [0, 0.1) is 0 Å². The van der Waals surface area contributed by atoms with Gasteiger partial charge in [-0.3, -0.25) is 0 Å². The first-order valence-electron chi connectivity index (χ1n) is 10.2. The summed E-state index contributed by atoms with van der Waals surface area (Å²) in [7, 11) is 2.02. The molecule has 0 spiro atoms. The number of aliphatic hydroxyl groups is 1. The van der Waals surface area contributed by atoms with E-state index >= 15 is 0 Å². The van der Waals surface area contributed by atoms with E-state index in [0.717, 1.165) is 42.3 Å². The Hall–Kier alpha value is -1.93. The first-order valence-corrected chi connectivity index (χ1v) is 10.9. The first kappa shape index (κ1) is 20.0. The quantitative estimate of drug-likeness (QED) is 0.625. The molecule has 30 heavy (non-hydrogen) atoms. The molecular weight excluding hydrogens is 423 g/mol. The maximum Gasteiger partial charge on any atom is 0.227 e. The summed E-state index contributed by atoms with van der Waals surface area (Å²) in [5, 5.41) is 20.2. The molecule has 158 valence electrons. The Morgan fingerprint density at radius 1 is 1.23 bits per heavy atom. The van der Waals surface area contributed by atoms with Crippen molar-refractivity contribution in [3.8, 4) is 0 Å². The molecule has 2 aromatic heterocycles. The second kappa shape index (κ2) is 7.34. The maximum atomic E-state index is 10.6. The monoisotopic (exact) mass is 446 g/mol. The number of hydrogen-bond acceptors (Lipinski definition) is 6. The summed E-state index contributed by atoms with van der Waals surface area (Å²) in [6.45, 7) is 3.70. The Kier molecular flexibility index (Phi) is 4.89. The van der Waals surface area contributed by atoms with Crippen LogP contribution in [0.5, 0.6) is 0 Å². The Morgan fingerprint density at radius 3 is 2.77 bits per heavy atom. The number of fused-ring (bicyclic) bond motifs is 1. The molecule has 1 aromatic carbocycles. The fraction of sp³-hybridized carbons (Fsp3) is 0.476. The average Bonchev–Trinajstić information content (AvgIpc) is 3.34. The highest BCUT2D eigenvalue weighted by molar-refractivity contribution is 6.32. The number of hydrogen-bond donors (Lipinski definition) is 2. The number of likely N-dealkylation sites (N-methyl/N-ethyl adjacent to an activating group) is 1. The van der Waals surface area contributed by atoms with Crippen molar-refractivity contribution in [1.29, 1.82) is 0 Å². The maximum absolute atomic E-state index is 10.6. The van der Waals surface area contributed by atoms with Gasteiger partial charge in [0.2, 0.25) is 5.95 Å². The lowest BCUT2D eigenvalue weighted by molar-refractivity contribution is 0.0639. The van der Waals surface area contributed by atoms with E-state index in [-0.39, 0.29) is 11.5 Å². The molecule has 2 unspecified atom stereocenters. The number of halogens is 2. The molecule has 1 aliphatic heterocycles. The molecule has 9 heteroatoms. The van der Waals surface area contributed by atoms with Crippen molar-refractivity contribution in [1.82, 2.24) is 24.6 Å². The Bertz CT molecular complexity index is 1110. The second-order valence-corrected chi connectivity index (χ2v) is 9.50. The van der Waals surface area contributed by atoms with Gasteiger partial charge in [-0.1, -0.05) is 23.2 Å². The van der Waals surface area contributed by atoms with E-state index < -0.39 is 6.10 Å². The molecule has 3 aromatic rings. The third-order valence-electron chi connectivity index (χ3n) is 6.32. The molecule has 1 aliphatic carbocycles. The van der Waals surface area contributed by atoms with Gasteiger partial charge in [-0.05, 0) is 57.5 Å². The number of aromatic nitrogens is 4. The van der Waals surface area contributed by atoms with Gasteiger partial charge in [0, 0.05) is 29.1 Å². The van der Waals surface area contributed by atoms with Crippen molar-refractivity contribution in [2.75, 3.05) is 25.5 Å². The number of anilines is 2. The largest absolute Gasteiger partial charge is 0.391 e. The first-order chi connectivity index (χ1) is 14.3. The minimum atomic E-state index is -0.452. The van der Waals surface area contributed by atoms with E-state index in [9.17, 15) is 5.11 Å². The third-order valence-corrected chi connectivity index (χ3v) is 7.02. The molecule has 3 heterocycles. The predicted octanol–water partition coefficient (Wildman–Crippen LogP) is 4.17. The number of β-amino-alcohol motifs (C(OH)–C–C–N with tert-alkyl or cyclic N) is 1. The van der Waals surface area contributed by atoms with Gasteiger partial charge in [0.25, 0.3) is 0 Å². The summed E-state index contributed by atoms with van der Waals surface area (Å²) in [4.78, 5) is 11.2. The summed E-state index contributed by atoms with van der Waals surface area (Å²) in [5.74, 6) is 0.443. The van der Waals surface area contributed by atoms with Gasteiger partial charge in [0.15, 0.2) is 5.15 Å². The summed E-state index contributed by atoms with van der Waals surface area (Å²) in [6, 6.07) is 3.85. The van der Waals surface area contributed by atoms with Gasteiger partial charge in [0.05, 0.1) is 29.0 Å².